The third-order valence-electron chi connectivity index (χ3n) is 3.04. The molecule has 1 N–H and O–H groups in total. The van der Waals surface area contributed by atoms with Crippen LogP contribution in [-0.2, 0) is 9.59 Å². The Bertz CT molecular complexity index is 302. The topological polar surface area (TPSA) is 49.4 Å². The fourth-order valence-electron chi connectivity index (χ4n) is 2.40. The minimum atomic E-state index is -0.373. The lowest BCUT2D eigenvalue weighted by molar-refractivity contribution is -0.128. The van der Waals surface area contributed by atoms with Crippen LogP contribution in [0.3, 0.4) is 0 Å². The zero-order chi connectivity index (χ0) is 15.9. The van der Waals surface area contributed by atoms with E-state index in [-0.39, 0.29) is 23.7 Å². The van der Waals surface area contributed by atoms with Crippen molar-refractivity contribution >= 4 is 11.7 Å². The number of nitrogens with one attached hydrogen (secondary N) is 1. The summed E-state index contributed by atoms with van der Waals surface area (Å²) in [5, 5.41) is 2.86. The molecule has 0 aromatic carbocycles. The Morgan fingerprint density at radius 3 is 1.70 bits per heavy atom. The molecule has 0 saturated heterocycles. The number of hydrogen-bond acceptors (Lipinski definition) is 3. The maximum Gasteiger partial charge on any atom is 0.234 e. The zero-order valence-electron chi connectivity index (χ0n) is 14.2. The normalized spacial score (nSPS) is 13.3. The number of ketones is 1. The lowest BCUT2D eigenvalue weighted by atomic mass is 10.0. The second kappa shape index (κ2) is 9.11. The molecule has 4 nitrogen and oxygen atoms in total. The molecule has 0 bridgehead atoms. The minimum Gasteiger partial charge on any atom is -0.345 e. The van der Waals surface area contributed by atoms with Gasteiger partial charge < -0.3 is 5.32 Å². The molecular weight excluding hydrogens is 252 g/mol. The van der Waals surface area contributed by atoms with Gasteiger partial charge in [0.25, 0.3) is 0 Å². The Kier molecular flexibility index (Phi) is 8.70. The molecule has 0 fully saturated rings. The molecule has 0 aromatic rings. The number of carbonyl (C=O) groups is 2. The van der Waals surface area contributed by atoms with Gasteiger partial charge in [-0.3, -0.25) is 14.5 Å². The monoisotopic (exact) mass is 284 g/mol. The van der Waals surface area contributed by atoms with Crippen molar-refractivity contribution in [2.75, 3.05) is 19.6 Å². The van der Waals surface area contributed by atoms with Crippen molar-refractivity contribution in [3.63, 3.8) is 0 Å². The Balaban J connectivity index is 4.54. The summed E-state index contributed by atoms with van der Waals surface area (Å²) in [7, 11) is 0. The van der Waals surface area contributed by atoms with Crippen LogP contribution in [0.2, 0.25) is 0 Å². The molecule has 0 aliphatic carbocycles. The van der Waals surface area contributed by atoms with Crippen molar-refractivity contribution in [3.8, 4) is 0 Å². The first kappa shape index (κ1) is 19.1. The SMILES string of the molecule is CC(=O)C(NC(=O)CN(CC(C)C)CC(C)C)C(C)C. The third-order valence-corrected chi connectivity index (χ3v) is 3.04. The van der Waals surface area contributed by atoms with Gasteiger partial charge in [0.05, 0.1) is 12.6 Å². The van der Waals surface area contributed by atoms with Gasteiger partial charge in [-0.25, -0.2) is 0 Å². The molecule has 0 rings (SSSR count). The molecule has 4 heteroatoms. The maximum atomic E-state index is 12.1. The minimum absolute atomic E-state index is 0.0209. The highest BCUT2D eigenvalue weighted by molar-refractivity contribution is 5.88. The Morgan fingerprint density at radius 2 is 1.40 bits per heavy atom. The molecule has 118 valence electrons. The van der Waals surface area contributed by atoms with Gasteiger partial charge >= 0.3 is 0 Å². The summed E-state index contributed by atoms with van der Waals surface area (Å²) in [6.07, 6.45) is 0. The molecule has 1 atom stereocenters. The highest BCUT2D eigenvalue weighted by Gasteiger charge is 2.22. The Morgan fingerprint density at radius 1 is 0.950 bits per heavy atom. The van der Waals surface area contributed by atoms with Crippen LogP contribution in [0.1, 0.15) is 48.5 Å². The van der Waals surface area contributed by atoms with E-state index in [1.165, 1.54) is 6.92 Å². The summed E-state index contributed by atoms with van der Waals surface area (Å²) in [6.45, 7) is 16.2. The number of hydrogen-bond donors (Lipinski definition) is 1. The van der Waals surface area contributed by atoms with E-state index in [0.29, 0.717) is 18.4 Å². The van der Waals surface area contributed by atoms with Crippen LogP contribution in [0.15, 0.2) is 0 Å². The van der Waals surface area contributed by atoms with E-state index in [1.807, 2.05) is 13.8 Å². The highest BCUT2D eigenvalue weighted by Crippen LogP contribution is 2.05. The molecule has 0 saturated carbocycles. The molecule has 0 aliphatic rings. The van der Waals surface area contributed by atoms with Gasteiger partial charge in [0.2, 0.25) is 5.91 Å². The fraction of sp³-hybridized carbons (Fsp3) is 0.875. The summed E-state index contributed by atoms with van der Waals surface area (Å²) >= 11 is 0. The lowest BCUT2D eigenvalue weighted by Crippen LogP contribution is -2.48. The second-order valence-corrected chi connectivity index (χ2v) is 6.88. The Hall–Kier alpha value is -0.900. The summed E-state index contributed by atoms with van der Waals surface area (Å²) < 4.78 is 0. The van der Waals surface area contributed by atoms with Crippen molar-refractivity contribution in [2.45, 2.75) is 54.5 Å². The van der Waals surface area contributed by atoms with E-state index >= 15 is 0 Å². The predicted octanol–water partition coefficient (Wildman–Crippen LogP) is 2.33. The molecule has 20 heavy (non-hydrogen) atoms. The van der Waals surface area contributed by atoms with Gasteiger partial charge in [-0.05, 0) is 24.7 Å². The van der Waals surface area contributed by atoms with E-state index < -0.39 is 0 Å². The van der Waals surface area contributed by atoms with Gasteiger partial charge in [-0.15, -0.1) is 0 Å². The smallest absolute Gasteiger partial charge is 0.234 e. The van der Waals surface area contributed by atoms with Crippen molar-refractivity contribution in [2.24, 2.45) is 17.8 Å². The number of amides is 1. The molecule has 1 unspecified atom stereocenters. The van der Waals surface area contributed by atoms with E-state index in [4.69, 9.17) is 0 Å². The van der Waals surface area contributed by atoms with Crippen molar-refractivity contribution in [1.82, 2.24) is 10.2 Å². The van der Waals surface area contributed by atoms with Crippen molar-refractivity contribution in [1.29, 1.82) is 0 Å². The van der Waals surface area contributed by atoms with Crippen LogP contribution in [0, 0.1) is 17.8 Å². The largest absolute Gasteiger partial charge is 0.345 e. The predicted molar refractivity (Wildman–Crippen MR) is 83.6 cm³/mol. The van der Waals surface area contributed by atoms with Gasteiger partial charge in [-0.1, -0.05) is 41.5 Å². The first-order chi connectivity index (χ1) is 9.13. The van der Waals surface area contributed by atoms with Crippen LogP contribution in [-0.4, -0.2) is 42.3 Å². The fourth-order valence-corrected chi connectivity index (χ4v) is 2.40. The Labute approximate surface area is 124 Å². The second-order valence-electron chi connectivity index (χ2n) is 6.88. The quantitative estimate of drug-likeness (QED) is 0.707. The maximum absolute atomic E-state index is 12.1. The highest BCUT2D eigenvalue weighted by atomic mass is 16.2. The van der Waals surface area contributed by atoms with Crippen molar-refractivity contribution in [3.05, 3.63) is 0 Å². The van der Waals surface area contributed by atoms with E-state index in [9.17, 15) is 9.59 Å². The number of nitrogens with zero attached hydrogens (tertiary/aromatic N) is 1. The van der Waals surface area contributed by atoms with E-state index in [0.717, 1.165) is 13.1 Å². The summed E-state index contributed by atoms with van der Waals surface area (Å²) in [4.78, 5) is 25.8. The van der Waals surface area contributed by atoms with Gasteiger partial charge in [0.1, 0.15) is 0 Å². The average molecular weight is 284 g/mol. The number of Topliss-reactive ketones (excluding diaryl/α,β-unsaturated/α-hetero) is 1. The van der Waals surface area contributed by atoms with Crippen LogP contribution in [0.4, 0.5) is 0 Å². The first-order valence-electron chi connectivity index (χ1n) is 7.65. The van der Waals surface area contributed by atoms with Crippen molar-refractivity contribution < 1.29 is 9.59 Å². The molecule has 1 amide bonds. The van der Waals surface area contributed by atoms with Gasteiger partial charge in [0, 0.05) is 13.1 Å². The number of carbonyl (C=O) groups excluding carboxylic acids is 2. The van der Waals surface area contributed by atoms with Crippen LogP contribution >= 0.6 is 0 Å². The molecule has 0 heterocycles. The van der Waals surface area contributed by atoms with Crippen LogP contribution in [0.25, 0.3) is 0 Å². The van der Waals surface area contributed by atoms with E-state index in [1.54, 1.807) is 0 Å². The lowest BCUT2D eigenvalue weighted by Gasteiger charge is -2.27. The average Bonchev–Trinajstić information content (AvgIpc) is 2.22. The summed E-state index contributed by atoms with van der Waals surface area (Å²) in [5.74, 6) is 1.14. The zero-order valence-corrected chi connectivity index (χ0v) is 14.2. The third kappa shape index (κ3) is 8.31. The molecule has 0 spiro atoms. The molecular formula is C16H32N2O2. The molecule has 0 aliphatic heterocycles. The summed E-state index contributed by atoms with van der Waals surface area (Å²) in [6, 6.07) is -0.373. The summed E-state index contributed by atoms with van der Waals surface area (Å²) in [5.41, 5.74) is 0. The van der Waals surface area contributed by atoms with Crippen LogP contribution < -0.4 is 5.32 Å². The van der Waals surface area contributed by atoms with Crippen LogP contribution in [0.5, 0.6) is 0 Å². The molecule has 0 aromatic heterocycles. The van der Waals surface area contributed by atoms with Gasteiger partial charge in [0.15, 0.2) is 5.78 Å². The molecule has 0 radical (unpaired) electrons. The first-order valence-corrected chi connectivity index (χ1v) is 7.65. The van der Waals surface area contributed by atoms with E-state index in [2.05, 4.69) is 37.9 Å². The van der Waals surface area contributed by atoms with Gasteiger partial charge in [-0.2, -0.15) is 0 Å². The standard InChI is InChI=1S/C16H32N2O2/c1-11(2)8-18(9-12(3)4)10-15(20)17-16(13(5)6)14(7)19/h11-13,16H,8-10H2,1-7H3,(H,17,20). The number of rotatable bonds is 9.